The number of carbonyl (C=O) groups excluding carboxylic acids is 1. The van der Waals surface area contributed by atoms with E-state index in [1.807, 2.05) is 20.2 Å². The van der Waals surface area contributed by atoms with Gasteiger partial charge >= 0.3 is 0 Å². The highest BCUT2D eigenvalue weighted by atomic mass is 32.2. The van der Waals surface area contributed by atoms with Crippen LogP contribution in [0.2, 0.25) is 0 Å². The molecule has 12 heavy (non-hydrogen) atoms. The molecule has 1 amide bonds. The predicted octanol–water partition coefficient (Wildman–Crippen LogP) is 0.417. The lowest BCUT2D eigenvalue weighted by atomic mass is 10.5. The number of amides is 1. The highest BCUT2D eigenvalue weighted by Crippen LogP contribution is 1.93. The predicted molar refractivity (Wildman–Crippen MR) is 54.6 cm³/mol. The molecule has 0 fully saturated rings. The standard InChI is InChI=1S/C8H18N2OS/c1-4-9-7-8(11)10(2)5-6-12-3/h9H,4-7H2,1-3H3. The second kappa shape index (κ2) is 7.43. The summed E-state index contributed by atoms with van der Waals surface area (Å²) in [4.78, 5) is 13.0. The second-order valence-electron chi connectivity index (χ2n) is 2.59. The molecule has 0 saturated carbocycles. The SMILES string of the molecule is CCNCC(=O)N(C)CCSC. The average molecular weight is 190 g/mol. The van der Waals surface area contributed by atoms with Gasteiger partial charge in [0.05, 0.1) is 6.54 Å². The minimum absolute atomic E-state index is 0.172. The van der Waals surface area contributed by atoms with Gasteiger partial charge in [0.2, 0.25) is 5.91 Å². The third-order valence-electron chi connectivity index (χ3n) is 1.58. The molecule has 0 saturated heterocycles. The van der Waals surface area contributed by atoms with E-state index in [1.165, 1.54) is 0 Å². The Hall–Kier alpha value is -0.220. The van der Waals surface area contributed by atoms with E-state index in [1.54, 1.807) is 16.7 Å². The van der Waals surface area contributed by atoms with Gasteiger partial charge in [0.15, 0.2) is 0 Å². The van der Waals surface area contributed by atoms with E-state index in [2.05, 4.69) is 5.32 Å². The van der Waals surface area contributed by atoms with Gasteiger partial charge in [0.25, 0.3) is 0 Å². The quantitative estimate of drug-likeness (QED) is 0.659. The maximum atomic E-state index is 11.3. The fraction of sp³-hybridized carbons (Fsp3) is 0.875. The molecule has 0 radical (unpaired) electrons. The molecular weight excluding hydrogens is 172 g/mol. The molecule has 0 aromatic rings. The van der Waals surface area contributed by atoms with Gasteiger partial charge in [-0.05, 0) is 12.8 Å². The Morgan fingerprint density at radius 2 is 2.25 bits per heavy atom. The molecule has 72 valence electrons. The molecule has 0 spiro atoms. The Bertz CT molecular complexity index is 130. The summed E-state index contributed by atoms with van der Waals surface area (Å²) in [6.07, 6.45) is 2.04. The van der Waals surface area contributed by atoms with Gasteiger partial charge in [-0.1, -0.05) is 6.92 Å². The zero-order valence-corrected chi connectivity index (χ0v) is 8.91. The monoisotopic (exact) mass is 190 g/mol. The summed E-state index contributed by atoms with van der Waals surface area (Å²) in [5.74, 6) is 1.18. The van der Waals surface area contributed by atoms with Crippen molar-refractivity contribution < 1.29 is 4.79 Å². The zero-order valence-electron chi connectivity index (χ0n) is 8.09. The first-order valence-electron chi connectivity index (χ1n) is 4.16. The van der Waals surface area contributed by atoms with Crippen LogP contribution in [-0.4, -0.2) is 49.5 Å². The smallest absolute Gasteiger partial charge is 0.236 e. The highest BCUT2D eigenvalue weighted by molar-refractivity contribution is 7.98. The first-order valence-corrected chi connectivity index (χ1v) is 5.55. The van der Waals surface area contributed by atoms with Crippen molar-refractivity contribution in [3.63, 3.8) is 0 Å². The Morgan fingerprint density at radius 3 is 2.75 bits per heavy atom. The minimum Gasteiger partial charge on any atom is -0.344 e. The summed E-state index contributed by atoms with van der Waals surface area (Å²) in [6.45, 7) is 4.14. The van der Waals surface area contributed by atoms with Crippen molar-refractivity contribution in [1.29, 1.82) is 0 Å². The number of hydrogen-bond donors (Lipinski definition) is 1. The van der Waals surface area contributed by atoms with Crippen molar-refractivity contribution in [2.75, 3.05) is 38.7 Å². The third kappa shape index (κ3) is 5.43. The largest absolute Gasteiger partial charge is 0.344 e. The molecule has 0 atom stereocenters. The van der Waals surface area contributed by atoms with E-state index in [0.29, 0.717) is 6.54 Å². The van der Waals surface area contributed by atoms with Gasteiger partial charge in [-0.15, -0.1) is 0 Å². The number of nitrogens with zero attached hydrogens (tertiary/aromatic N) is 1. The topological polar surface area (TPSA) is 32.3 Å². The van der Waals surface area contributed by atoms with Gasteiger partial charge in [-0.2, -0.15) is 11.8 Å². The van der Waals surface area contributed by atoms with Gasteiger partial charge < -0.3 is 10.2 Å². The van der Waals surface area contributed by atoms with Crippen molar-refractivity contribution >= 4 is 17.7 Å². The summed E-state index contributed by atoms with van der Waals surface area (Å²) >= 11 is 1.76. The molecule has 1 N–H and O–H groups in total. The van der Waals surface area contributed by atoms with Crippen molar-refractivity contribution in [2.24, 2.45) is 0 Å². The van der Waals surface area contributed by atoms with Gasteiger partial charge in [0.1, 0.15) is 0 Å². The van der Waals surface area contributed by atoms with Crippen LogP contribution in [0.15, 0.2) is 0 Å². The molecule has 0 bridgehead atoms. The third-order valence-corrected chi connectivity index (χ3v) is 2.17. The fourth-order valence-electron chi connectivity index (χ4n) is 0.720. The molecule has 0 aromatic carbocycles. The van der Waals surface area contributed by atoms with Crippen molar-refractivity contribution in [1.82, 2.24) is 10.2 Å². The zero-order chi connectivity index (χ0) is 9.40. The van der Waals surface area contributed by atoms with Crippen LogP contribution in [0.3, 0.4) is 0 Å². The van der Waals surface area contributed by atoms with Crippen LogP contribution in [0.4, 0.5) is 0 Å². The van der Waals surface area contributed by atoms with E-state index < -0.39 is 0 Å². The summed E-state index contributed by atoms with van der Waals surface area (Å²) in [5, 5.41) is 3.01. The summed E-state index contributed by atoms with van der Waals surface area (Å²) in [6, 6.07) is 0. The Balaban J connectivity index is 3.47. The van der Waals surface area contributed by atoms with Crippen molar-refractivity contribution in [2.45, 2.75) is 6.92 Å². The fourth-order valence-corrected chi connectivity index (χ4v) is 1.18. The van der Waals surface area contributed by atoms with Gasteiger partial charge in [-0.25, -0.2) is 0 Å². The number of carbonyl (C=O) groups is 1. The van der Waals surface area contributed by atoms with E-state index in [9.17, 15) is 4.79 Å². The molecule has 0 rings (SSSR count). The molecule has 3 nitrogen and oxygen atoms in total. The Labute approximate surface area is 78.9 Å². The molecule has 0 heterocycles. The Kier molecular flexibility index (Phi) is 7.29. The van der Waals surface area contributed by atoms with Crippen LogP contribution >= 0.6 is 11.8 Å². The molecule has 0 aliphatic rings. The van der Waals surface area contributed by atoms with E-state index in [4.69, 9.17) is 0 Å². The molecule has 0 aliphatic carbocycles. The lowest BCUT2D eigenvalue weighted by Gasteiger charge is -2.16. The summed E-state index contributed by atoms with van der Waals surface area (Å²) in [7, 11) is 1.84. The first kappa shape index (κ1) is 11.8. The van der Waals surface area contributed by atoms with E-state index in [0.717, 1.165) is 18.8 Å². The van der Waals surface area contributed by atoms with Crippen LogP contribution in [0.5, 0.6) is 0 Å². The number of hydrogen-bond acceptors (Lipinski definition) is 3. The second-order valence-corrected chi connectivity index (χ2v) is 3.57. The van der Waals surface area contributed by atoms with Gasteiger partial charge in [0, 0.05) is 19.3 Å². The molecule has 0 unspecified atom stereocenters. The molecule has 0 aromatic heterocycles. The van der Waals surface area contributed by atoms with Crippen LogP contribution in [0, 0.1) is 0 Å². The van der Waals surface area contributed by atoms with E-state index >= 15 is 0 Å². The summed E-state index contributed by atoms with van der Waals surface area (Å²) in [5.41, 5.74) is 0. The van der Waals surface area contributed by atoms with E-state index in [-0.39, 0.29) is 5.91 Å². The first-order chi connectivity index (χ1) is 5.72. The number of nitrogens with one attached hydrogen (secondary N) is 1. The lowest BCUT2D eigenvalue weighted by Crippen LogP contribution is -2.36. The van der Waals surface area contributed by atoms with Crippen molar-refractivity contribution in [3.05, 3.63) is 0 Å². The number of likely N-dealkylation sites (N-methyl/N-ethyl adjacent to an activating group) is 2. The maximum Gasteiger partial charge on any atom is 0.236 e. The molecular formula is C8H18N2OS. The number of rotatable bonds is 6. The maximum absolute atomic E-state index is 11.3. The lowest BCUT2D eigenvalue weighted by molar-refractivity contribution is -0.128. The van der Waals surface area contributed by atoms with Gasteiger partial charge in [-0.3, -0.25) is 4.79 Å². The molecule has 0 aliphatic heterocycles. The van der Waals surface area contributed by atoms with Crippen LogP contribution in [-0.2, 0) is 4.79 Å². The number of thioether (sulfide) groups is 1. The van der Waals surface area contributed by atoms with Crippen molar-refractivity contribution in [3.8, 4) is 0 Å². The average Bonchev–Trinajstić information content (AvgIpc) is 2.10. The highest BCUT2D eigenvalue weighted by Gasteiger charge is 2.05. The summed E-state index contributed by atoms with van der Waals surface area (Å²) < 4.78 is 0. The molecule has 4 heteroatoms. The van der Waals surface area contributed by atoms with Crippen LogP contribution in [0.25, 0.3) is 0 Å². The Morgan fingerprint density at radius 1 is 1.58 bits per heavy atom. The normalized spacial score (nSPS) is 9.92. The van der Waals surface area contributed by atoms with Crippen LogP contribution < -0.4 is 5.32 Å². The van der Waals surface area contributed by atoms with Crippen LogP contribution in [0.1, 0.15) is 6.92 Å². The minimum atomic E-state index is 0.172.